The second-order valence-electron chi connectivity index (χ2n) is 4.52. The highest BCUT2D eigenvalue weighted by molar-refractivity contribution is 7.09. The predicted octanol–water partition coefficient (Wildman–Crippen LogP) is 2.35. The molecule has 104 valence electrons. The number of hydrogen-bond acceptors (Lipinski definition) is 5. The van der Waals surface area contributed by atoms with Gasteiger partial charge in [-0.25, -0.2) is 0 Å². The van der Waals surface area contributed by atoms with Crippen molar-refractivity contribution >= 4 is 11.3 Å². The van der Waals surface area contributed by atoms with Crippen molar-refractivity contribution in [2.24, 2.45) is 0 Å². The molecule has 0 aliphatic heterocycles. The average molecular weight is 281 g/mol. The second-order valence-corrected chi connectivity index (χ2v) is 5.56. The lowest BCUT2D eigenvalue weighted by Crippen LogP contribution is -2.31. The molecule has 1 N–H and O–H groups in total. The van der Waals surface area contributed by atoms with Gasteiger partial charge in [0.25, 0.3) is 0 Å². The van der Waals surface area contributed by atoms with Gasteiger partial charge < -0.3 is 14.3 Å². The van der Waals surface area contributed by atoms with Gasteiger partial charge in [0.15, 0.2) is 0 Å². The van der Waals surface area contributed by atoms with Crippen LogP contribution in [0.15, 0.2) is 40.3 Å². The first-order valence-corrected chi connectivity index (χ1v) is 7.11. The Hall–Kier alpha value is -1.14. The third kappa shape index (κ3) is 5.16. The van der Waals surface area contributed by atoms with Gasteiger partial charge in [0.05, 0.1) is 32.1 Å². The summed E-state index contributed by atoms with van der Waals surface area (Å²) in [6.45, 7) is 2.16. The first-order valence-electron chi connectivity index (χ1n) is 6.23. The van der Waals surface area contributed by atoms with Crippen LogP contribution in [0.2, 0.25) is 0 Å². The second kappa shape index (κ2) is 7.45. The molecule has 0 spiro atoms. The Bertz CT molecular complexity index is 441. The molecule has 4 nitrogen and oxygen atoms in total. The highest BCUT2D eigenvalue weighted by Gasteiger charge is 2.10. The van der Waals surface area contributed by atoms with Crippen LogP contribution in [-0.4, -0.2) is 36.3 Å². The summed E-state index contributed by atoms with van der Waals surface area (Å²) in [5.41, 5.74) is 0. The lowest BCUT2D eigenvalue weighted by Gasteiger charge is -2.19. The summed E-state index contributed by atoms with van der Waals surface area (Å²) in [5.74, 6) is 0.897. The third-order valence-corrected chi connectivity index (χ3v) is 3.51. The number of hydrogen-bond donors (Lipinski definition) is 1. The van der Waals surface area contributed by atoms with Gasteiger partial charge in [0, 0.05) is 11.4 Å². The van der Waals surface area contributed by atoms with Crippen molar-refractivity contribution in [2.45, 2.75) is 19.3 Å². The maximum absolute atomic E-state index is 9.88. The molecule has 0 aliphatic carbocycles. The summed E-state index contributed by atoms with van der Waals surface area (Å²) < 4.78 is 10.7. The van der Waals surface area contributed by atoms with Gasteiger partial charge >= 0.3 is 0 Å². The Morgan fingerprint density at radius 2 is 2.32 bits per heavy atom. The van der Waals surface area contributed by atoms with Crippen LogP contribution < -0.4 is 0 Å². The largest absolute Gasteiger partial charge is 0.468 e. The third-order valence-electron chi connectivity index (χ3n) is 2.66. The summed E-state index contributed by atoms with van der Waals surface area (Å²) in [5, 5.41) is 11.9. The predicted molar refractivity (Wildman–Crippen MR) is 75.0 cm³/mol. The van der Waals surface area contributed by atoms with E-state index in [0.29, 0.717) is 26.3 Å². The van der Waals surface area contributed by atoms with E-state index in [4.69, 9.17) is 9.15 Å². The van der Waals surface area contributed by atoms with E-state index in [1.54, 1.807) is 17.6 Å². The summed E-state index contributed by atoms with van der Waals surface area (Å²) in [7, 11) is 1.95. The lowest BCUT2D eigenvalue weighted by molar-refractivity contribution is 0.0128. The highest BCUT2D eigenvalue weighted by atomic mass is 32.1. The molecule has 5 heteroatoms. The SMILES string of the molecule is CN(Cc1ccco1)C[C@H](O)COCc1cccs1. The Morgan fingerprint density at radius 1 is 1.42 bits per heavy atom. The minimum absolute atomic E-state index is 0.348. The van der Waals surface area contributed by atoms with Crippen LogP contribution in [0.5, 0.6) is 0 Å². The molecular formula is C14H19NO3S. The van der Waals surface area contributed by atoms with Gasteiger partial charge in [-0.3, -0.25) is 4.90 Å². The fraction of sp³-hybridized carbons (Fsp3) is 0.429. The van der Waals surface area contributed by atoms with Crippen molar-refractivity contribution in [2.75, 3.05) is 20.2 Å². The topological polar surface area (TPSA) is 45.8 Å². The molecule has 2 heterocycles. The summed E-state index contributed by atoms with van der Waals surface area (Å²) in [6, 6.07) is 7.82. The number of nitrogens with zero attached hydrogens (tertiary/aromatic N) is 1. The van der Waals surface area contributed by atoms with Crippen molar-refractivity contribution in [3.8, 4) is 0 Å². The molecule has 2 rings (SSSR count). The van der Waals surface area contributed by atoms with Crippen LogP contribution in [0.25, 0.3) is 0 Å². The monoisotopic (exact) mass is 281 g/mol. The fourth-order valence-corrected chi connectivity index (χ4v) is 2.48. The molecular weight excluding hydrogens is 262 g/mol. The number of rotatable bonds is 8. The molecule has 0 saturated carbocycles. The molecule has 2 aromatic heterocycles. The first kappa shape index (κ1) is 14.3. The molecule has 2 aromatic rings. The van der Waals surface area contributed by atoms with E-state index < -0.39 is 6.10 Å². The summed E-state index contributed by atoms with van der Waals surface area (Å²) in [6.07, 6.45) is 1.17. The van der Waals surface area contributed by atoms with Gasteiger partial charge in [0.2, 0.25) is 0 Å². The Balaban J connectivity index is 1.62. The minimum Gasteiger partial charge on any atom is -0.468 e. The molecule has 0 fully saturated rings. The molecule has 0 bridgehead atoms. The number of aliphatic hydroxyl groups excluding tert-OH is 1. The van der Waals surface area contributed by atoms with Crippen LogP contribution in [-0.2, 0) is 17.9 Å². The van der Waals surface area contributed by atoms with E-state index in [1.807, 2.05) is 41.6 Å². The maximum Gasteiger partial charge on any atom is 0.117 e. The summed E-state index contributed by atoms with van der Waals surface area (Å²) >= 11 is 1.66. The first-order chi connectivity index (χ1) is 9.24. The van der Waals surface area contributed by atoms with Crippen LogP contribution in [0.4, 0.5) is 0 Å². The van der Waals surface area contributed by atoms with E-state index >= 15 is 0 Å². The molecule has 0 aliphatic rings. The van der Waals surface area contributed by atoms with Crippen LogP contribution in [0, 0.1) is 0 Å². The van der Waals surface area contributed by atoms with Crippen LogP contribution in [0.1, 0.15) is 10.6 Å². The number of thiophene rings is 1. The van der Waals surface area contributed by atoms with E-state index in [-0.39, 0.29) is 0 Å². The smallest absolute Gasteiger partial charge is 0.117 e. The molecule has 0 aromatic carbocycles. The molecule has 1 atom stereocenters. The van der Waals surface area contributed by atoms with E-state index in [9.17, 15) is 5.11 Å². The van der Waals surface area contributed by atoms with Gasteiger partial charge in [-0.2, -0.15) is 0 Å². The molecule has 19 heavy (non-hydrogen) atoms. The Labute approximate surface area is 117 Å². The molecule has 0 unspecified atom stereocenters. The van der Waals surface area contributed by atoms with Crippen molar-refractivity contribution < 1.29 is 14.3 Å². The van der Waals surface area contributed by atoms with Crippen molar-refractivity contribution in [3.63, 3.8) is 0 Å². The minimum atomic E-state index is -0.486. The van der Waals surface area contributed by atoms with Gasteiger partial charge in [-0.15, -0.1) is 11.3 Å². The zero-order valence-electron chi connectivity index (χ0n) is 11.0. The molecule has 0 amide bonds. The number of aliphatic hydroxyl groups is 1. The number of furan rings is 1. The number of ether oxygens (including phenoxy) is 1. The van der Waals surface area contributed by atoms with E-state index in [0.717, 1.165) is 5.76 Å². The zero-order valence-corrected chi connectivity index (χ0v) is 11.8. The molecule has 0 radical (unpaired) electrons. The highest BCUT2D eigenvalue weighted by Crippen LogP contribution is 2.10. The zero-order chi connectivity index (χ0) is 13.5. The van der Waals surface area contributed by atoms with Crippen molar-refractivity contribution in [1.82, 2.24) is 4.90 Å². The summed E-state index contributed by atoms with van der Waals surface area (Å²) in [4.78, 5) is 3.19. The maximum atomic E-state index is 9.88. The van der Waals surface area contributed by atoms with Crippen molar-refractivity contribution in [3.05, 3.63) is 46.5 Å². The fourth-order valence-electron chi connectivity index (χ4n) is 1.84. The lowest BCUT2D eigenvalue weighted by atomic mass is 10.3. The van der Waals surface area contributed by atoms with E-state index in [2.05, 4.69) is 0 Å². The quantitative estimate of drug-likeness (QED) is 0.807. The van der Waals surface area contributed by atoms with Crippen LogP contribution >= 0.6 is 11.3 Å². The number of likely N-dealkylation sites (N-methyl/N-ethyl adjacent to an activating group) is 1. The van der Waals surface area contributed by atoms with Gasteiger partial charge in [-0.05, 0) is 30.6 Å². The average Bonchev–Trinajstić information content (AvgIpc) is 3.01. The Morgan fingerprint density at radius 3 is 3.00 bits per heavy atom. The van der Waals surface area contributed by atoms with Gasteiger partial charge in [-0.1, -0.05) is 6.07 Å². The van der Waals surface area contributed by atoms with Gasteiger partial charge in [0.1, 0.15) is 5.76 Å². The van der Waals surface area contributed by atoms with Crippen LogP contribution in [0.3, 0.4) is 0 Å². The standard InChI is InChI=1S/C14H19NO3S/c1-15(9-13-4-2-6-18-13)8-12(16)10-17-11-14-5-3-7-19-14/h2-7,12,16H,8-11H2,1H3/t12-/m0/s1. The van der Waals surface area contributed by atoms with Crippen molar-refractivity contribution in [1.29, 1.82) is 0 Å². The molecule has 0 saturated heterocycles. The van der Waals surface area contributed by atoms with E-state index in [1.165, 1.54) is 4.88 Å². The Kier molecular flexibility index (Phi) is 5.60. The normalized spacial score (nSPS) is 13.0.